The molecule has 1 aromatic rings. The van der Waals surface area contributed by atoms with E-state index >= 15 is 0 Å². The van der Waals surface area contributed by atoms with Gasteiger partial charge in [0.1, 0.15) is 0 Å². The van der Waals surface area contributed by atoms with E-state index in [0.29, 0.717) is 12.2 Å². The molecule has 16 heavy (non-hydrogen) atoms. The van der Waals surface area contributed by atoms with Gasteiger partial charge in [0.05, 0.1) is 5.56 Å². The summed E-state index contributed by atoms with van der Waals surface area (Å²) >= 11 is 0. The summed E-state index contributed by atoms with van der Waals surface area (Å²) in [6.07, 6.45) is -4.27. The number of halogens is 3. The highest BCUT2D eigenvalue weighted by molar-refractivity contribution is 5.45. The van der Waals surface area contributed by atoms with Crippen LogP contribution in [-0.4, -0.2) is 19.6 Å². The van der Waals surface area contributed by atoms with Gasteiger partial charge in [-0.3, -0.25) is 0 Å². The van der Waals surface area contributed by atoms with Crippen LogP contribution in [0.5, 0.6) is 0 Å². The molecule has 0 bridgehead atoms. The van der Waals surface area contributed by atoms with Gasteiger partial charge in [-0.25, -0.2) is 0 Å². The zero-order chi connectivity index (χ0) is 12.2. The van der Waals surface area contributed by atoms with Crippen LogP contribution in [0.4, 0.5) is 18.9 Å². The van der Waals surface area contributed by atoms with Crippen LogP contribution < -0.4 is 10.6 Å². The maximum atomic E-state index is 12.3. The number of nitrogens with one attached hydrogen (secondary N) is 2. The molecule has 0 radical (unpaired) electrons. The lowest BCUT2D eigenvalue weighted by Gasteiger charge is -2.13. The van der Waals surface area contributed by atoms with Gasteiger partial charge in [0.15, 0.2) is 0 Å². The number of rotatable bonds is 4. The van der Waals surface area contributed by atoms with Gasteiger partial charge in [0.2, 0.25) is 0 Å². The van der Waals surface area contributed by atoms with Crippen LogP contribution in [0, 0.1) is 0 Å². The van der Waals surface area contributed by atoms with E-state index in [9.17, 15) is 13.2 Å². The molecule has 0 heterocycles. The quantitative estimate of drug-likeness (QED) is 0.834. The summed E-state index contributed by atoms with van der Waals surface area (Å²) in [7, 11) is 1.83. The first kappa shape index (κ1) is 12.8. The molecular formula is C11H15F3N2. The lowest BCUT2D eigenvalue weighted by atomic mass is 10.2. The minimum absolute atomic E-state index is 0.266. The lowest BCUT2D eigenvalue weighted by molar-refractivity contribution is -0.137. The third-order valence-corrected chi connectivity index (χ3v) is 2.32. The molecule has 0 saturated heterocycles. The molecule has 0 spiro atoms. The minimum Gasteiger partial charge on any atom is -0.383 e. The smallest absolute Gasteiger partial charge is 0.383 e. The minimum atomic E-state index is -4.27. The molecule has 90 valence electrons. The van der Waals surface area contributed by atoms with E-state index in [1.165, 1.54) is 12.1 Å². The van der Waals surface area contributed by atoms with Crippen molar-refractivity contribution >= 4 is 5.69 Å². The van der Waals surface area contributed by atoms with Gasteiger partial charge in [-0.1, -0.05) is 0 Å². The maximum Gasteiger partial charge on any atom is 0.416 e. The van der Waals surface area contributed by atoms with Gasteiger partial charge < -0.3 is 10.6 Å². The van der Waals surface area contributed by atoms with E-state index in [2.05, 4.69) is 10.6 Å². The van der Waals surface area contributed by atoms with Crippen molar-refractivity contribution in [2.75, 3.05) is 18.9 Å². The second kappa shape index (κ2) is 5.21. The van der Waals surface area contributed by atoms with E-state index in [1.807, 2.05) is 14.0 Å². The molecule has 1 aromatic carbocycles. The first-order chi connectivity index (χ1) is 7.43. The lowest BCUT2D eigenvalue weighted by Crippen LogP contribution is -2.29. The summed E-state index contributed by atoms with van der Waals surface area (Å²) in [6.45, 7) is 2.65. The highest BCUT2D eigenvalue weighted by Gasteiger charge is 2.29. The van der Waals surface area contributed by atoms with Crippen molar-refractivity contribution in [1.82, 2.24) is 5.32 Å². The Morgan fingerprint density at radius 1 is 1.19 bits per heavy atom. The first-order valence-electron chi connectivity index (χ1n) is 5.02. The van der Waals surface area contributed by atoms with Gasteiger partial charge in [-0.2, -0.15) is 13.2 Å². The van der Waals surface area contributed by atoms with Crippen molar-refractivity contribution in [2.45, 2.75) is 19.1 Å². The molecule has 0 aliphatic carbocycles. The number of hydrogen-bond acceptors (Lipinski definition) is 2. The third kappa shape index (κ3) is 3.73. The summed E-state index contributed by atoms with van der Waals surface area (Å²) in [6, 6.07) is 5.29. The molecule has 1 atom stereocenters. The molecule has 0 saturated carbocycles. The van der Waals surface area contributed by atoms with E-state index in [-0.39, 0.29) is 6.04 Å². The molecular weight excluding hydrogens is 217 g/mol. The fourth-order valence-electron chi connectivity index (χ4n) is 1.15. The molecule has 1 unspecified atom stereocenters. The Hall–Kier alpha value is -1.23. The Labute approximate surface area is 92.9 Å². The van der Waals surface area contributed by atoms with Gasteiger partial charge in [-0.15, -0.1) is 0 Å². The molecule has 2 nitrogen and oxygen atoms in total. The standard InChI is InChI=1S/C11H15F3N2/c1-8(15-2)7-16-10-5-3-9(4-6-10)11(12,13)14/h3-6,8,15-16H,7H2,1-2H3. The number of hydrogen-bond donors (Lipinski definition) is 2. The van der Waals surface area contributed by atoms with Crippen molar-refractivity contribution in [3.8, 4) is 0 Å². The highest BCUT2D eigenvalue weighted by atomic mass is 19.4. The first-order valence-corrected chi connectivity index (χ1v) is 5.02. The molecule has 0 aromatic heterocycles. The molecule has 0 aliphatic rings. The summed E-state index contributed by atoms with van der Waals surface area (Å²) < 4.78 is 36.8. The Balaban J connectivity index is 2.58. The van der Waals surface area contributed by atoms with E-state index < -0.39 is 11.7 Å². The highest BCUT2D eigenvalue weighted by Crippen LogP contribution is 2.29. The monoisotopic (exact) mass is 232 g/mol. The Kier molecular flexibility index (Phi) is 4.18. The van der Waals surface area contributed by atoms with Gasteiger partial charge >= 0.3 is 6.18 Å². The van der Waals surface area contributed by atoms with Crippen molar-refractivity contribution in [1.29, 1.82) is 0 Å². The van der Waals surface area contributed by atoms with Gasteiger partial charge in [0, 0.05) is 18.3 Å². The summed E-state index contributed by atoms with van der Waals surface area (Å²) in [5.41, 5.74) is 0.0646. The maximum absolute atomic E-state index is 12.3. The zero-order valence-electron chi connectivity index (χ0n) is 9.23. The molecule has 5 heteroatoms. The van der Waals surface area contributed by atoms with Gasteiger partial charge in [-0.05, 0) is 38.2 Å². The third-order valence-electron chi connectivity index (χ3n) is 2.32. The summed E-state index contributed by atoms with van der Waals surface area (Å²) in [5.74, 6) is 0. The second-order valence-corrected chi connectivity index (χ2v) is 3.65. The van der Waals surface area contributed by atoms with Crippen molar-refractivity contribution in [2.24, 2.45) is 0 Å². The Morgan fingerprint density at radius 3 is 2.19 bits per heavy atom. The van der Waals surface area contributed by atoms with Crippen LogP contribution in [0.1, 0.15) is 12.5 Å². The Bertz CT molecular complexity index is 319. The molecule has 0 aliphatic heterocycles. The van der Waals surface area contributed by atoms with Gasteiger partial charge in [0.25, 0.3) is 0 Å². The number of alkyl halides is 3. The van der Waals surface area contributed by atoms with Crippen LogP contribution in [-0.2, 0) is 6.18 Å². The van der Waals surface area contributed by atoms with E-state index in [4.69, 9.17) is 0 Å². The SMILES string of the molecule is CNC(C)CNc1ccc(C(F)(F)F)cc1. The Morgan fingerprint density at radius 2 is 1.75 bits per heavy atom. The van der Waals surface area contributed by atoms with Crippen LogP contribution in [0.15, 0.2) is 24.3 Å². The average Bonchev–Trinajstić information content (AvgIpc) is 2.25. The van der Waals surface area contributed by atoms with Crippen molar-refractivity contribution < 1.29 is 13.2 Å². The van der Waals surface area contributed by atoms with E-state index in [1.54, 1.807) is 0 Å². The number of likely N-dealkylation sites (N-methyl/N-ethyl adjacent to an activating group) is 1. The van der Waals surface area contributed by atoms with Crippen LogP contribution in [0.25, 0.3) is 0 Å². The molecule has 0 fully saturated rings. The predicted octanol–water partition coefficient (Wildman–Crippen LogP) is 2.73. The van der Waals surface area contributed by atoms with Crippen molar-refractivity contribution in [3.63, 3.8) is 0 Å². The molecule has 1 rings (SSSR count). The number of benzene rings is 1. The largest absolute Gasteiger partial charge is 0.416 e. The second-order valence-electron chi connectivity index (χ2n) is 3.65. The van der Waals surface area contributed by atoms with Crippen molar-refractivity contribution in [3.05, 3.63) is 29.8 Å². The predicted molar refractivity (Wildman–Crippen MR) is 58.5 cm³/mol. The molecule has 0 amide bonds. The zero-order valence-corrected chi connectivity index (χ0v) is 9.23. The van der Waals surface area contributed by atoms with Crippen LogP contribution in [0.3, 0.4) is 0 Å². The normalized spacial score (nSPS) is 13.6. The fraction of sp³-hybridized carbons (Fsp3) is 0.455. The van der Waals surface area contributed by atoms with E-state index in [0.717, 1.165) is 12.1 Å². The topological polar surface area (TPSA) is 24.1 Å². The number of anilines is 1. The summed E-state index contributed by atoms with van der Waals surface area (Å²) in [4.78, 5) is 0. The average molecular weight is 232 g/mol. The van der Waals surface area contributed by atoms with Crippen LogP contribution in [0.2, 0.25) is 0 Å². The van der Waals surface area contributed by atoms with Crippen LogP contribution >= 0.6 is 0 Å². The summed E-state index contributed by atoms with van der Waals surface area (Å²) in [5, 5.41) is 6.07. The molecule has 2 N–H and O–H groups in total. The fourth-order valence-corrected chi connectivity index (χ4v) is 1.15.